The summed E-state index contributed by atoms with van der Waals surface area (Å²) in [5.41, 5.74) is 4.06. The molecule has 1 aromatic carbocycles. The molecule has 0 radical (unpaired) electrons. The Morgan fingerprint density at radius 3 is 2.56 bits per heavy atom. The minimum absolute atomic E-state index is 0.264. The minimum Gasteiger partial charge on any atom is -0.465 e. The molecule has 1 atom stereocenters. The van der Waals surface area contributed by atoms with Gasteiger partial charge in [0.1, 0.15) is 5.69 Å². The number of ether oxygens (including phenoxy) is 1. The van der Waals surface area contributed by atoms with Gasteiger partial charge in [-0.05, 0) is 55.5 Å². The van der Waals surface area contributed by atoms with E-state index in [0.29, 0.717) is 28.9 Å². The second-order valence-corrected chi connectivity index (χ2v) is 7.16. The number of methoxy groups -OCH3 is 1. The smallest absolute Gasteiger partial charge is 0.339 e. The van der Waals surface area contributed by atoms with Crippen LogP contribution in [0.15, 0.2) is 24.3 Å². The Kier molecular flexibility index (Phi) is 5.54. The van der Waals surface area contributed by atoms with Crippen LogP contribution in [0.4, 0.5) is 11.4 Å². The van der Waals surface area contributed by atoms with Crippen molar-refractivity contribution in [3.8, 4) is 0 Å². The van der Waals surface area contributed by atoms with Crippen molar-refractivity contribution in [2.24, 2.45) is 5.92 Å². The molecule has 1 aliphatic rings. The van der Waals surface area contributed by atoms with Gasteiger partial charge in [-0.15, -0.1) is 0 Å². The fourth-order valence-corrected chi connectivity index (χ4v) is 3.65. The molecule has 1 aliphatic heterocycles. The normalized spacial score (nSPS) is 16.4. The molecule has 1 aromatic heterocycles. The van der Waals surface area contributed by atoms with Crippen LogP contribution in [0, 0.1) is 12.8 Å². The number of nitrogens with one attached hydrogen (secondary N) is 2. The quantitative estimate of drug-likeness (QED) is 0.787. The molecule has 1 saturated heterocycles. The van der Waals surface area contributed by atoms with Gasteiger partial charge in [0.2, 0.25) is 0 Å². The standard InChI is InChI=1S/C21H27N3O3/c1-5-17-18(21(26)27-4)14(3)19(23-17)20(25)22-15-6-8-16(9-7-15)24-11-10-13(2)12-24/h6-9,13,23H,5,10-12H2,1-4H3,(H,22,25). The SMILES string of the molecule is CCc1[nH]c(C(=O)Nc2ccc(N3CCC(C)C3)cc2)c(C)c1C(=O)OC. The second kappa shape index (κ2) is 7.86. The maximum absolute atomic E-state index is 12.7. The molecule has 0 aliphatic carbocycles. The van der Waals surface area contributed by atoms with E-state index in [1.807, 2.05) is 31.2 Å². The number of rotatable bonds is 5. The molecule has 6 heteroatoms. The van der Waals surface area contributed by atoms with Gasteiger partial charge in [0, 0.05) is 30.2 Å². The van der Waals surface area contributed by atoms with Crippen LogP contribution in [0.25, 0.3) is 0 Å². The number of carbonyl (C=O) groups is 2. The van der Waals surface area contributed by atoms with E-state index in [4.69, 9.17) is 4.74 Å². The molecule has 6 nitrogen and oxygen atoms in total. The number of carbonyl (C=O) groups excluding carboxylic acids is 2. The number of anilines is 2. The molecule has 1 unspecified atom stereocenters. The summed E-state index contributed by atoms with van der Waals surface area (Å²) in [6.07, 6.45) is 1.83. The molecular weight excluding hydrogens is 342 g/mol. The zero-order chi connectivity index (χ0) is 19.6. The maximum Gasteiger partial charge on any atom is 0.339 e. The van der Waals surface area contributed by atoms with Crippen LogP contribution in [-0.4, -0.2) is 37.1 Å². The highest BCUT2D eigenvalue weighted by Gasteiger charge is 2.24. The zero-order valence-corrected chi connectivity index (χ0v) is 16.4. The summed E-state index contributed by atoms with van der Waals surface area (Å²) in [7, 11) is 1.34. The lowest BCUT2D eigenvalue weighted by molar-refractivity contribution is 0.0599. The number of aromatic nitrogens is 1. The Labute approximate surface area is 159 Å². The summed E-state index contributed by atoms with van der Waals surface area (Å²) in [4.78, 5) is 30.2. The molecule has 1 fully saturated rings. The predicted molar refractivity (Wildman–Crippen MR) is 107 cm³/mol. The van der Waals surface area contributed by atoms with Crippen LogP contribution in [0.1, 0.15) is 52.4 Å². The highest BCUT2D eigenvalue weighted by atomic mass is 16.5. The monoisotopic (exact) mass is 369 g/mol. The van der Waals surface area contributed by atoms with Crippen molar-refractivity contribution in [2.45, 2.75) is 33.6 Å². The third kappa shape index (κ3) is 3.84. The molecule has 144 valence electrons. The fourth-order valence-electron chi connectivity index (χ4n) is 3.65. The highest BCUT2D eigenvalue weighted by Crippen LogP contribution is 2.25. The van der Waals surface area contributed by atoms with E-state index in [9.17, 15) is 9.59 Å². The average Bonchev–Trinajstić information content (AvgIpc) is 3.25. The number of hydrogen-bond acceptors (Lipinski definition) is 4. The average molecular weight is 369 g/mol. The molecule has 3 rings (SSSR count). The Balaban J connectivity index is 1.75. The van der Waals surface area contributed by atoms with Crippen LogP contribution in [0.3, 0.4) is 0 Å². The Morgan fingerprint density at radius 1 is 1.30 bits per heavy atom. The topological polar surface area (TPSA) is 74.4 Å². The fraction of sp³-hybridized carbons (Fsp3) is 0.429. The van der Waals surface area contributed by atoms with Gasteiger partial charge in [-0.2, -0.15) is 0 Å². The first-order valence-electron chi connectivity index (χ1n) is 9.40. The van der Waals surface area contributed by atoms with Gasteiger partial charge in [-0.1, -0.05) is 13.8 Å². The minimum atomic E-state index is -0.427. The molecule has 0 spiro atoms. The Morgan fingerprint density at radius 2 is 2.00 bits per heavy atom. The number of esters is 1. The highest BCUT2D eigenvalue weighted by molar-refractivity contribution is 6.06. The van der Waals surface area contributed by atoms with Crippen molar-refractivity contribution in [1.29, 1.82) is 0 Å². The molecule has 2 heterocycles. The Bertz CT molecular complexity index is 839. The van der Waals surface area contributed by atoms with Crippen LogP contribution >= 0.6 is 0 Å². The van der Waals surface area contributed by atoms with E-state index in [-0.39, 0.29) is 5.91 Å². The third-order valence-electron chi connectivity index (χ3n) is 5.21. The number of aryl methyl sites for hydroxylation is 1. The third-order valence-corrected chi connectivity index (χ3v) is 5.21. The first kappa shape index (κ1) is 19.0. The molecular formula is C21H27N3O3. The maximum atomic E-state index is 12.7. The lowest BCUT2D eigenvalue weighted by atomic mass is 10.1. The van der Waals surface area contributed by atoms with E-state index in [1.165, 1.54) is 19.2 Å². The van der Waals surface area contributed by atoms with Crippen molar-refractivity contribution in [3.63, 3.8) is 0 Å². The number of hydrogen-bond donors (Lipinski definition) is 2. The first-order valence-corrected chi connectivity index (χ1v) is 9.40. The van der Waals surface area contributed by atoms with Crippen molar-refractivity contribution in [3.05, 3.63) is 46.8 Å². The summed E-state index contributed by atoms with van der Waals surface area (Å²) >= 11 is 0. The number of nitrogens with zero attached hydrogens (tertiary/aromatic N) is 1. The van der Waals surface area contributed by atoms with E-state index in [0.717, 1.165) is 24.7 Å². The summed E-state index contributed by atoms with van der Waals surface area (Å²) in [6, 6.07) is 7.89. The van der Waals surface area contributed by atoms with E-state index in [1.54, 1.807) is 6.92 Å². The zero-order valence-electron chi connectivity index (χ0n) is 16.4. The van der Waals surface area contributed by atoms with Gasteiger partial charge in [0.05, 0.1) is 12.7 Å². The molecule has 2 aromatic rings. The summed E-state index contributed by atoms with van der Waals surface area (Å²) < 4.78 is 4.85. The van der Waals surface area contributed by atoms with Gasteiger partial charge in [0.15, 0.2) is 0 Å². The summed E-state index contributed by atoms with van der Waals surface area (Å²) in [5.74, 6) is 0.0285. The first-order chi connectivity index (χ1) is 12.9. The number of H-pyrrole nitrogens is 1. The van der Waals surface area contributed by atoms with Gasteiger partial charge in [-0.3, -0.25) is 4.79 Å². The molecule has 0 bridgehead atoms. The summed E-state index contributed by atoms with van der Waals surface area (Å²) in [5, 5.41) is 2.91. The number of benzene rings is 1. The van der Waals surface area contributed by atoms with Crippen molar-refractivity contribution >= 4 is 23.3 Å². The lowest BCUT2D eigenvalue weighted by Gasteiger charge is -2.18. The van der Waals surface area contributed by atoms with Crippen LogP contribution in [0.5, 0.6) is 0 Å². The van der Waals surface area contributed by atoms with E-state index >= 15 is 0 Å². The second-order valence-electron chi connectivity index (χ2n) is 7.16. The predicted octanol–water partition coefficient (Wildman–Crippen LogP) is 3.77. The van der Waals surface area contributed by atoms with Crippen molar-refractivity contribution < 1.29 is 14.3 Å². The van der Waals surface area contributed by atoms with Crippen molar-refractivity contribution in [2.75, 3.05) is 30.4 Å². The lowest BCUT2D eigenvalue weighted by Crippen LogP contribution is -2.19. The molecule has 1 amide bonds. The molecule has 2 N–H and O–H groups in total. The Hall–Kier alpha value is -2.76. The van der Waals surface area contributed by atoms with Crippen LogP contribution < -0.4 is 10.2 Å². The van der Waals surface area contributed by atoms with Gasteiger partial charge >= 0.3 is 5.97 Å². The molecule has 0 saturated carbocycles. The largest absolute Gasteiger partial charge is 0.465 e. The van der Waals surface area contributed by atoms with Crippen LogP contribution in [0.2, 0.25) is 0 Å². The number of amides is 1. The number of aromatic amines is 1. The van der Waals surface area contributed by atoms with Gasteiger partial charge in [0.25, 0.3) is 5.91 Å². The van der Waals surface area contributed by atoms with Crippen molar-refractivity contribution in [1.82, 2.24) is 4.98 Å². The summed E-state index contributed by atoms with van der Waals surface area (Å²) in [6.45, 7) is 8.10. The van der Waals surface area contributed by atoms with Gasteiger partial charge in [-0.25, -0.2) is 4.79 Å². The van der Waals surface area contributed by atoms with E-state index < -0.39 is 5.97 Å². The van der Waals surface area contributed by atoms with Gasteiger partial charge < -0.3 is 19.9 Å². The van der Waals surface area contributed by atoms with Crippen LogP contribution in [-0.2, 0) is 11.2 Å². The molecule has 27 heavy (non-hydrogen) atoms. The van der Waals surface area contributed by atoms with E-state index in [2.05, 4.69) is 22.1 Å².